The van der Waals surface area contributed by atoms with Crippen LogP contribution < -0.4 is 12.0 Å². The molecule has 1 N–H and O–H groups in total. The maximum atomic E-state index is 13.3. The van der Waals surface area contributed by atoms with Gasteiger partial charge in [0.15, 0.2) is 0 Å². The first-order chi connectivity index (χ1) is 13.3. The number of carbonyl (C=O) groups is 1. The van der Waals surface area contributed by atoms with Crippen LogP contribution in [0, 0.1) is 0 Å². The van der Waals surface area contributed by atoms with Crippen molar-refractivity contribution in [1.82, 2.24) is 0 Å². The van der Waals surface area contributed by atoms with Crippen molar-refractivity contribution in [3.8, 4) is 11.5 Å². The van der Waals surface area contributed by atoms with Crippen LogP contribution in [0.3, 0.4) is 0 Å². The second-order valence-electron chi connectivity index (χ2n) is 5.72. The fourth-order valence-electron chi connectivity index (χ4n) is 2.00. The van der Waals surface area contributed by atoms with Gasteiger partial charge in [-0.1, -0.05) is 0 Å². The van der Waals surface area contributed by atoms with Crippen LogP contribution in [0.1, 0.15) is 12.8 Å². The van der Waals surface area contributed by atoms with Gasteiger partial charge in [0.2, 0.25) is 0 Å². The third-order valence-electron chi connectivity index (χ3n) is 3.51. The van der Waals surface area contributed by atoms with Gasteiger partial charge in [-0.15, -0.1) is 0 Å². The van der Waals surface area contributed by atoms with Crippen molar-refractivity contribution in [2.24, 2.45) is 0 Å². The van der Waals surface area contributed by atoms with E-state index in [0.29, 0.717) is 0 Å². The average molecular weight is 549 g/mol. The van der Waals surface area contributed by atoms with Crippen molar-refractivity contribution in [2.75, 3.05) is 0 Å². The summed E-state index contributed by atoms with van der Waals surface area (Å²) in [6.07, 6.45) is -3.09. The van der Waals surface area contributed by atoms with Crippen molar-refractivity contribution in [3.63, 3.8) is 0 Å². The number of carbonyl (C=O) groups excluding carboxylic acids is 1. The molecule has 0 saturated heterocycles. The van der Waals surface area contributed by atoms with Crippen molar-refractivity contribution in [2.45, 2.75) is 24.0 Å². The van der Waals surface area contributed by atoms with E-state index >= 15 is 0 Å². The quantitative estimate of drug-likeness (QED) is 0.176. The van der Waals surface area contributed by atoms with Gasteiger partial charge in [0.05, 0.1) is 0 Å². The number of aromatic hydroxyl groups is 1. The second kappa shape index (κ2) is 8.87. The number of phenolic OH excluding ortho intramolecular Hbond substituents is 1. The van der Waals surface area contributed by atoms with E-state index in [4.69, 9.17) is 4.74 Å². The zero-order valence-electron chi connectivity index (χ0n) is 14.3. The molecular weight excluding hydrogens is 536 g/mol. The molecule has 158 valence electrons. The van der Waals surface area contributed by atoms with Crippen LogP contribution in [0.25, 0.3) is 0 Å². The van der Waals surface area contributed by atoms with Gasteiger partial charge in [0.1, 0.15) is 0 Å². The summed E-state index contributed by atoms with van der Waals surface area (Å²) in [6.45, 7) is 0. The Labute approximate surface area is 173 Å². The molecule has 0 fully saturated rings. The number of halogens is 4. The Morgan fingerprint density at radius 3 is 1.97 bits per heavy atom. The number of ether oxygens (including phenoxy) is 1. The summed E-state index contributed by atoms with van der Waals surface area (Å²) in [6, 6.07) is 12.7. The molecule has 0 saturated carbocycles. The number of esters is 1. The van der Waals surface area contributed by atoms with E-state index in [1.165, 1.54) is 12.1 Å². The van der Waals surface area contributed by atoms with Gasteiger partial charge in [-0.3, -0.25) is 0 Å². The third kappa shape index (κ3) is 6.05. The molecule has 2 aromatic carbocycles. The molecule has 0 aromatic heterocycles. The monoisotopic (exact) mass is 551 g/mol. The molecule has 0 aliphatic carbocycles. The van der Waals surface area contributed by atoms with E-state index in [1.807, 2.05) is 0 Å². The van der Waals surface area contributed by atoms with Crippen LogP contribution in [0.2, 0.25) is 0 Å². The normalized spacial score (nSPS) is 12.6. The van der Waals surface area contributed by atoms with Gasteiger partial charge < -0.3 is 0 Å². The van der Waals surface area contributed by atoms with Crippen LogP contribution >= 0.6 is 0 Å². The van der Waals surface area contributed by atoms with E-state index in [9.17, 15) is 40.4 Å². The molecule has 2 aromatic rings. The Hall–Kier alpha value is -1.87. The molecule has 0 aliphatic rings. The summed E-state index contributed by atoms with van der Waals surface area (Å²) < 4.78 is 90.3. The van der Waals surface area contributed by atoms with Gasteiger partial charge in [-0.05, 0) is 0 Å². The van der Waals surface area contributed by atoms with Crippen molar-refractivity contribution in [3.05, 3.63) is 48.5 Å². The first kappa shape index (κ1) is 23.4. The summed E-state index contributed by atoms with van der Waals surface area (Å²) in [5.74, 6) is -6.37. The molecule has 0 amide bonds. The van der Waals surface area contributed by atoms with Gasteiger partial charge in [-0.2, -0.15) is 0 Å². The standard InChI is InChI=1S/C17H14F4O6STe/c18-16(19,17(20,21)28(24,25)26)10-9-15(23)27-12-3-7-14(8-4-12)29-13-5-1-11(22)2-6-13/h1-8,22H,9-10H2,(H,24,25,26)/p-1. The third-order valence-corrected chi connectivity index (χ3v) is 7.34. The summed E-state index contributed by atoms with van der Waals surface area (Å²) in [5, 5.41) is 3.42. The first-order valence-electron chi connectivity index (χ1n) is 7.80. The number of hydrogen-bond acceptors (Lipinski definition) is 6. The van der Waals surface area contributed by atoms with E-state index < -0.39 is 61.0 Å². The number of rotatable bonds is 8. The fraction of sp³-hybridized carbons (Fsp3) is 0.235. The van der Waals surface area contributed by atoms with Crippen LogP contribution in [0.5, 0.6) is 11.5 Å². The molecule has 0 radical (unpaired) electrons. The van der Waals surface area contributed by atoms with Crippen LogP contribution in [0.15, 0.2) is 48.5 Å². The molecule has 0 spiro atoms. The minimum atomic E-state index is -6.60. The van der Waals surface area contributed by atoms with Crippen molar-refractivity contribution in [1.29, 1.82) is 0 Å². The van der Waals surface area contributed by atoms with E-state index in [1.54, 1.807) is 36.4 Å². The molecule has 0 heterocycles. The predicted molar refractivity (Wildman–Crippen MR) is 94.0 cm³/mol. The SMILES string of the molecule is O=C(CCC(F)(F)C(F)(F)S(=O)(=O)[O-])Oc1ccc([Te]c2ccc(O)cc2)cc1. The van der Waals surface area contributed by atoms with Crippen molar-refractivity contribution >= 4 is 44.2 Å². The Morgan fingerprint density at radius 2 is 1.48 bits per heavy atom. The van der Waals surface area contributed by atoms with Gasteiger partial charge >= 0.3 is 173 Å². The van der Waals surface area contributed by atoms with Gasteiger partial charge in [0, 0.05) is 0 Å². The van der Waals surface area contributed by atoms with Gasteiger partial charge in [0.25, 0.3) is 0 Å². The summed E-state index contributed by atoms with van der Waals surface area (Å²) >= 11 is -0.784. The Morgan fingerprint density at radius 1 is 1.00 bits per heavy atom. The van der Waals surface area contributed by atoms with E-state index in [2.05, 4.69) is 0 Å². The first-order valence-corrected chi connectivity index (χ1v) is 11.5. The van der Waals surface area contributed by atoms with Crippen LogP contribution in [-0.4, -0.2) is 56.1 Å². The summed E-state index contributed by atoms with van der Waals surface area (Å²) in [5.41, 5.74) is 0. The molecule has 0 bridgehead atoms. The average Bonchev–Trinajstić information content (AvgIpc) is 2.62. The molecule has 6 nitrogen and oxygen atoms in total. The molecule has 12 heteroatoms. The second-order valence-corrected chi connectivity index (χ2v) is 10.4. The number of phenols is 1. The Bertz CT molecular complexity index is 962. The van der Waals surface area contributed by atoms with Gasteiger partial charge in [-0.25, -0.2) is 0 Å². The van der Waals surface area contributed by atoms with E-state index in [-0.39, 0.29) is 11.5 Å². The molecule has 2 rings (SSSR count). The Kier molecular flexibility index (Phi) is 7.16. The van der Waals surface area contributed by atoms with Crippen molar-refractivity contribution < 1.29 is 45.2 Å². The van der Waals surface area contributed by atoms with Crippen LogP contribution in [0.4, 0.5) is 17.6 Å². The molecule has 0 aliphatic heterocycles. The Balaban J connectivity index is 1.93. The van der Waals surface area contributed by atoms with E-state index in [0.717, 1.165) is 7.22 Å². The molecular formula is C17H13F4O6STe-. The molecule has 29 heavy (non-hydrogen) atoms. The van der Waals surface area contributed by atoms with Crippen LogP contribution in [-0.2, 0) is 14.9 Å². The zero-order valence-corrected chi connectivity index (χ0v) is 17.5. The predicted octanol–water partition coefficient (Wildman–Crippen LogP) is 1.51. The summed E-state index contributed by atoms with van der Waals surface area (Å²) in [7, 11) is -6.60. The molecule has 0 unspecified atom stereocenters. The zero-order chi connectivity index (χ0) is 21.9. The molecule has 0 atom stereocenters. The number of alkyl halides is 4. The topological polar surface area (TPSA) is 104 Å². The number of hydrogen-bond donors (Lipinski definition) is 1. The maximum absolute atomic E-state index is 13.3. The minimum absolute atomic E-state index is 0.0107. The summed E-state index contributed by atoms with van der Waals surface area (Å²) in [4.78, 5) is 11.6. The number of benzene rings is 2. The fourth-order valence-corrected chi connectivity index (χ4v) is 4.79.